The molecule has 2 heterocycles. The Bertz CT molecular complexity index is 1310. The number of ether oxygens (including phenoxy) is 1. The van der Waals surface area contributed by atoms with E-state index in [-0.39, 0.29) is 23.4 Å². The molecule has 3 aromatic carbocycles. The van der Waals surface area contributed by atoms with Crippen LogP contribution in [0.15, 0.2) is 71.7 Å². The number of rotatable bonds is 1. The van der Waals surface area contributed by atoms with Gasteiger partial charge in [-0.1, -0.05) is 23.7 Å². The van der Waals surface area contributed by atoms with Crippen molar-refractivity contribution in [1.82, 2.24) is 9.80 Å². The fourth-order valence-electron chi connectivity index (χ4n) is 4.35. The van der Waals surface area contributed by atoms with Gasteiger partial charge in [0.2, 0.25) is 0 Å². The predicted molar refractivity (Wildman–Crippen MR) is 128 cm³/mol. The topological polar surface area (TPSA) is 45.1 Å². The summed E-state index contributed by atoms with van der Waals surface area (Å²) in [6.45, 7) is 3.29. The average Bonchev–Trinajstić information content (AvgIpc) is 3.00. The number of halogens is 4. The molecule has 35 heavy (non-hydrogen) atoms. The maximum Gasteiger partial charge on any atom is 0.416 e. The fraction of sp³-hybridized carbons (Fsp3) is 0.231. The van der Waals surface area contributed by atoms with Crippen molar-refractivity contribution in [2.75, 3.05) is 19.6 Å². The third-order valence-corrected chi connectivity index (χ3v) is 6.39. The van der Waals surface area contributed by atoms with Crippen molar-refractivity contribution >= 4 is 29.0 Å². The highest BCUT2D eigenvalue weighted by atomic mass is 35.5. The molecule has 1 fully saturated rings. The van der Waals surface area contributed by atoms with E-state index in [2.05, 4.69) is 4.99 Å². The van der Waals surface area contributed by atoms with Crippen LogP contribution in [-0.2, 0) is 6.18 Å². The number of para-hydroxylation sites is 1. The first kappa shape index (κ1) is 23.2. The lowest BCUT2D eigenvalue weighted by molar-refractivity contribution is -0.137. The van der Waals surface area contributed by atoms with Crippen molar-refractivity contribution < 1.29 is 22.7 Å². The van der Waals surface area contributed by atoms with Crippen LogP contribution < -0.4 is 4.74 Å². The number of carbonyl (C=O) groups is 1. The molecule has 2 aliphatic heterocycles. The molecule has 180 valence electrons. The zero-order valence-corrected chi connectivity index (χ0v) is 19.5. The van der Waals surface area contributed by atoms with Crippen molar-refractivity contribution in [3.05, 3.63) is 88.4 Å². The summed E-state index contributed by atoms with van der Waals surface area (Å²) in [6.07, 6.45) is -4.49. The molecule has 5 rings (SSSR count). The number of alkyl halides is 3. The second-order valence-electron chi connectivity index (χ2n) is 8.51. The summed E-state index contributed by atoms with van der Waals surface area (Å²) in [5, 5.41) is 0.556. The maximum absolute atomic E-state index is 13.4. The lowest BCUT2D eigenvalue weighted by atomic mass is 10.1. The number of amidine groups is 1. The van der Waals surface area contributed by atoms with Crippen LogP contribution in [0.2, 0.25) is 5.02 Å². The molecule has 0 spiro atoms. The molecule has 1 saturated heterocycles. The number of aliphatic imine (C=N–C) groups is 1. The Hall–Kier alpha value is -3.52. The van der Waals surface area contributed by atoms with Gasteiger partial charge in [0.05, 0.1) is 11.1 Å². The number of nitrogens with zero attached hydrogens (tertiary/aromatic N) is 3. The third kappa shape index (κ3) is 4.58. The normalized spacial score (nSPS) is 17.6. The van der Waals surface area contributed by atoms with Crippen molar-refractivity contribution in [2.24, 2.45) is 4.99 Å². The Morgan fingerprint density at radius 3 is 2.49 bits per heavy atom. The summed E-state index contributed by atoms with van der Waals surface area (Å²) in [5.74, 6) is 1.19. The van der Waals surface area contributed by atoms with Gasteiger partial charge in [-0.3, -0.25) is 4.79 Å². The second-order valence-corrected chi connectivity index (χ2v) is 8.95. The van der Waals surface area contributed by atoms with E-state index < -0.39 is 11.7 Å². The SMILES string of the molecule is C[C@H]1CN(C2=Nc3cc(C(F)(F)F)ccc3Oc3ccccc32)CCN1C(=O)c1ccc(Cl)cc1. The fourth-order valence-corrected chi connectivity index (χ4v) is 4.48. The molecule has 2 aliphatic rings. The quantitative estimate of drug-likeness (QED) is 0.390. The molecular weight excluding hydrogens is 479 g/mol. The Balaban J connectivity index is 1.47. The van der Waals surface area contributed by atoms with E-state index in [1.54, 1.807) is 41.3 Å². The molecule has 3 aromatic rings. The Morgan fingerprint density at radius 2 is 1.77 bits per heavy atom. The minimum Gasteiger partial charge on any atom is -0.454 e. The van der Waals surface area contributed by atoms with Gasteiger partial charge in [0.1, 0.15) is 17.3 Å². The van der Waals surface area contributed by atoms with E-state index in [0.29, 0.717) is 47.4 Å². The van der Waals surface area contributed by atoms with Crippen LogP contribution in [0.3, 0.4) is 0 Å². The van der Waals surface area contributed by atoms with Crippen LogP contribution in [0.5, 0.6) is 11.5 Å². The van der Waals surface area contributed by atoms with Gasteiger partial charge in [0.15, 0.2) is 5.75 Å². The first-order valence-electron chi connectivity index (χ1n) is 11.1. The maximum atomic E-state index is 13.4. The number of fused-ring (bicyclic) bond motifs is 2. The molecule has 0 saturated carbocycles. The molecule has 1 atom stereocenters. The van der Waals surface area contributed by atoms with Gasteiger partial charge in [-0.25, -0.2) is 4.99 Å². The number of carbonyl (C=O) groups excluding carboxylic acids is 1. The van der Waals surface area contributed by atoms with Gasteiger partial charge >= 0.3 is 6.18 Å². The molecular formula is C26H21ClF3N3O2. The molecule has 0 radical (unpaired) electrons. The van der Waals surface area contributed by atoms with Gasteiger partial charge < -0.3 is 14.5 Å². The van der Waals surface area contributed by atoms with Gasteiger partial charge in [-0.05, 0) is 61.5 Å². The highest BCUT2D eigenvalue weighted by Gasteiger charge is 2.34. The first-order chi connectivity index (χ1) is 16.7. The minimum atomic E-state index is -4.49. The van der Waals surface area contributed by atoms with Crippen LogP contribution in [0, 0.1) is 0 Å². The van der Waals surface area contributed by atoms with Crippen molar-refractivity contribution in [3.63, 3.8) is 0 Å². The standard InChI is InChI=1S/C26H21ClF3N3O2/c1-16-15-32(12-13-33(16)25(34)17-6-9-19(27)10-7-17)24-20-4-2-3-5-22(20)35-23-11-8-18(26(28,29)30)14-21(23)31-24/h2-11,14,16H,12-13,15H2,1H3/t16-/m0/s1. The van der Waals surface area contributed by atoms with Gasteiger partial charge in [-0.2, -0.15) is 13.2 Å². The molecule has 5 nitrogen and oxygen atoms in total. The lowest BCUT2D eigenvalue weighted by Crippen LogP contribution is -2.55. The Kier molecular flexibility index (Phi) is 5.92. The van der Waals surface area contributed by atoms with Crippen LogP contribution in [0.4, 0.5) is 18.9 Å². The highest BCUT2D eigenvalue weighted by molar-refractivity contribution is 6.30. The summed E-state index contributed by atoms with van der Waals surface area (Å²) >= 11 is 5.94. The average molecular weight is 500 g/mol. The summed E-state index contributed by atoms with van der Waals surface area (Å²) in [5.41, 5.74) is 0.551. The summed E-state index contributed by atoms with van der Waals surface area (Å²) < 4.78 is 46.0. The van der Waals surface area contributed by atoms with Crippen molar-refractivity contribution in [2.45, 2.75) is 19.1 Å². The zero-order chi connectivity index (χ0) is 24.7. The summed E-state index contributed by atoms with van der Waals surface area (Å²) in [4.78, 5) is 21.5. The molecule has 0 aromatic heterocycles. The molecule has 9 heteroatoms. The smallest absolute Gasteiger partial charge is 0.416 e. The van der Waals surface area contributed by atoms with Crippen LogP contribution in [0.1, 0.15) is 28.4 Å². The predicted octanol–water partition coefficient (Wildman–Crippen LogP) is 6.39. The van der Waals surface area contributed by atoms with Gasteiger partial charge in [0.25, 0.3) is 5.91 Å². The van der Waals surface area contributed by atoms with E-state index in [9.17, 15) is 18.0 Å². The molecule has 1 amide bonds. The minimum absolute atomic E-state index is 0.0967. The number of hydrogen-bond acceptors (Lipinski definition) is 4. The zero-order valence-electron chi connectivity index (χ0n) is 18.7. The van der Waals surface area contributed by atoms with E-state index in [0.717, 1.165) is 12.1 Å². The largest absolute Gasteiger partial charge is 0.454 e. The molecule has 0 bridgehead atoms. The third-order valence-electron chi connectivity index (χ3n) is 6.14. The first-order valence-corrected chi connectivity index (χ1v) is 11.5. The summed E-state index contributed by atoms with van der Waals surface area (Å²) in [6, 6.07) is 17.1. The van der Waals surface area contributed by atoms with Crippen LogP contribution >= 0.6 is 11.6 Å². The van der Waals surface area contributed by atoms with E-state index in [1.165, 1.54) is 6.07 Å². The van der Waals surface area contributed by atoms with Crippen LogP contribution in [-0.4, -0.2) is 47.2 Å². The number of benzene rings is 3. The summed E-state index contributed by atoms with van der Waals surface area (Å²) in [7, 11) is 0. The number of hydrogen-bond donors (Lipinski definition) is 0. The lowest BCUT2D eigenvalue weighted by Gasteiger charge is -2.41. The van der Waals surface area contributed by atoms with Crippen molar-refractivity contribution in [3.8, 4) is 11.5 Å². The number of amides is 1. The van der Waals surface area contributed by atoms with Gasteiger partial charge in [-0.15, -0.1) is 0 Å². The number of piperazine rings is 1. The molecule has 0 unspecified atom stereocenters. The second kappa shape index (κ2) is 8.92. The monoisotopic (exact) mass is 499 g/mol. The molecule has 0 N–H and O–H groups in total. The highest BCUT2D eigenvalue weighted by Crippen LogP contribution is 2.42. The van der Waals surface area contributed by atoms with E-state index in [1.807, 2.05) is 24.0 Å². The van der Waals surface area contributed by atoms with E-state index in [4.69, 9.17) is 16.3 Å². The Morgan fingerprint density at radius 1 is 1.03 bits per heavy atom. The van der Waals surface area contributed by atoms with Gasteiger partial charge in [0, 0.05) is 36.3 Å². The van der Waals surface area contributed by atoms with E-state index >= 15 is 0 Å². The molecule has 0 aliphatic carbocycles. The Labute approximate surface area is 205 Å². The van der Waals surface area contributed by atoms with Crippen LogP contribution in [0.25, 0.3) is 0 Å². The van der Waals surface area contributed by atoms with Crippen molar-refractivity contribution in [1.29, 1.82) is 0 Å².